The van der Waals surface area contributed by atoms with E-state index in [-0.39, 0.29) is 0 Å². The molecular weight excluding hydrogens is 392 g/mol. The van der Waals surface area contributed by atoms with E-state index in [1.165, 1.54) is 36.0 Å². The topological polar surface area (TPSA) is 24.9 Å². The molecule has 0 fully saturated rings. The summed E-state index contributed by atoms with van der Waals surface area (Å²) in [5, 5.41) is 7.03. The van der Waals surface area contributed by atoms with Crippen molar-refractivity contribution in [3.05, 3.63) is 91.0 Å². The van der Waals surface area contributed by atoms with Crippen LogP contribution in [0.5, 0.6) is 0 Å². The number of nitrogens with zero attached hydrogens (tertiary/aromatic N) is 1. The zero-order valence-electron chi connectivity index (χ0n) is 15.4. The van der Waals surface area contributed by atoms with Gasteiger partial charge in [0.15, 0.2) is 5.13 Å². The van der Waals surface area contributed by atoms with Crippen LogP contribution in [-0.4, -0.2) is 4.98 Å². The predicted octanol–water partition coefficient (Wildman–Crippen LogP) is 8.07. The van der Waals surface area contributed by atoms with Gasteiger partial charge in [-0.15, -0.1) is 11.3 Å². The molecule has 0 aliphatic heterocycles. The van der Waals surface area contributed by atoms with Crippen LogP contribution in [0.1, 0.15) is 0 Å². The van der Waals surface area contributed by atoms with Crippen LogP contribution in [0, 0.1) is 0 Å². The van der Waals surface area contributed by atoms with Gasteiger partial charge >= 0.3 is 0 Å². The van der Waals surface area contributed by atoms with Crippen molar-refractivity contribution < 1.29 is 0 Å². The van der Waals surface area contributed by atoms with Gasteiger partial charge in [0.1, 0.15) is 0 Å². The van der Waals surface area contributed by atoms with Crippen LogP contribution in [0.2, 0.25) is 0 Å². The SMILES string of the molecule is c1ccc2sc(Nc3ccc(-c4cccc5c4sc4ccccc45)cc3)nc2c1. The summed E-state index contributed by atoms with van der Waals surface area (Å²) in [7, 11) is 0. The molecule has 2 aromatic heterocycles. The normalized spacial score (nSPS) is 11.4. The third kappa shape index (κ3) is 2.89. The van der Waals surface area contributed by atoms with Gasteiger partial charge in [0, 0.05) is 25.9 Å². The Hall–Kier alpha value is -3.21. The fraction of sp³-hybridized carbons (Fsp3) is 0. The van der Waals surface area contributed by atoms with Gasteiger partial charge in [-0.05, 0) is 41.5 Å². The highest BCUT2D eigenvalue weighted by Crippen LogP contribution is 2.40. The second kappa shape index (κ2) is 6.69. The molecule has 6 aromatic rings. The van der Waals surface area contributed by atoms with E-state index in [4.69, 9.17) is 0 Å². The van der Waals surface area contributed by atoms with Gasteiger partial charge in [-0.2, -0.15) is 0 Å². The first-order valence-corrected chi connectivity index (χ1v) is 11.1. The summed E-state index contributed by atoms with van der Waals surface area (Å²) < 4.78 is 3.88. The Bertz CT molecular complexity index is 1440. The van der Waals surface area contributed by atoms with Gasteiger partial charge in [0.2, 0.25) is 0 Å². The summed E-state index contributed by atoms with van der Waals surface area (Å²) in [6.07, 6.45) is 0. The first-order chi connectivity index (χ1) is 14.3. The molecule has 6 rings (SSSR count). The fourth-order valence-electron chi connectivity index (χ4n) is 3.76. The van der Waals surface area contributed by atoms with Crippen LogP contribution in [0.15, 0.2) is 91.0 Å². The number of nitrogens with one attached hydrogen (secondary N) is 1. The number of rotatable bonds is 3. The van der Waals surface area contributed by atoms with Crippen molar-refractivity contribution in [3.63, 3.8) is 0 Å². The maximum Gasteiger partial charge on any atom is 0.188 e. The second-order valence-electron chi connectivity index (χ2n) is 6.97. The number of anilines is 2. The number of fused-ring (bicyclic) bond motifs is 4. The van der Waals surface area contributed by atoms with Crippen molar-refractivity contribution in [2.45, 2.75) is 0 Å². The third-order valence-electron chi connectivity index (χ3n) is 5.15. The first-order valence-electron chi connectivity index (χ1n) is 9.48. The highest BCUT2D eigenvalue weighted by atomic mass is 32.1. The van der Waals surface area contributed by atoms with E-state index in [0.29, 0.717) is 0 Å². The van der Waals surface area contributed by atoms with E-state index in [2.05, 4.69) is 83.1 Å². The van der Waals surface area contributed by atoms with Gasteiger partial charge in [-0.1, -0.05) is 72.0 Å². The Balaban J connectivity index is 1.37. The number of benzene rings is 4. The molecule has 0 aliphatic carbocycles. The molecule has 0 saturated carbocycles. The maximum atomic E-state index is 4.66. The highest BCUT2D eigenvalue weighted by molar-refractivity contribution is 7.26. The van der Waals surface area contributed by atoms with Gasteiger partial charge in [-0.25, -0.2) is 4.98 Å². The molecule has 29 heavy (non-hydrogen) atoms. The van der Waals surface area contributed by atoms with E-state index >= 15 is 0 Å². The van der Waals surface area contributed by atoms with Crippen LogP contribution >= 0.6 is 22.7 Å². The minimum absolute atomic E-state index is 0.922. The minimum Gasteiger partial charge on any atom is -0.332 e. The molecule has 4 aromatic carbocycles. The average molecular weight is 409 g/mol. The Labute approximate surface area is 176 Å². The lowest BCUT2D eigenvalue weighted by molar-refractivity contribution is 1.44. The van der Waals surface area contributed by atoms with E-state index in [9.17, 15) is 0 Å². The van der Waals surface area contributed by atoms with Gasteiger partial charge in [0.25, 0.3) is 0 Å². The van der Waals surface area contributed by atoms with Crippen LogP contribution in [0.25, 0.3) is 41.5 Å². The molecule has 1 N–H and O–H groups in total. The number of para-hydroxylation sites is 1. The Morgan fingerprint density at radius 1 is 0.621 bits per heavy atom. The van der Waals surface area contributed by atoms with Crippen molar-refractivity contribution in [1.82, 2.24) is 4.98 Å². The molecule has 2 heterocycles. The number of thiazole rings is 1. The summed E-state index contributed by atoms with van der Waals surface area (Å²) in [5.41, 5.74) is 4.61. The zero-order chi connectivity index (χ0) is 19.2. The van der Waals surface area contributed by atoms with Crippen molar-refractivity contribution in [2.75, 3.05) is 5.32 Å². The standard InChI is InChI=1S/C25H16N2S2/c1-3-10-22-19(6-1)20-8-5-7-18(24(20)28-22)16-12-14-17(15-13-16)26-25-27-21-9-2-4-11-23(21)29-25/h1-15H,(H,26,27). The predicted molar refractivity (Wildman–Crippen MR) is 128 cm³/mol. The first kappa shape index (κ1) is 16.7. The number of hydrogen-bond donors (Lipinski definition) is 1. The van der Waals surface area contributed by atoms with Crippen LogP contribution < -0.4 is 5.32 Å². The lowest BCUT2D eigenvalue weighted by atomic mass is 10.0. The largest absolute Gasteiger partial charge is 0.332 e. The minimum atomic E-state index is 0.922. The van der Waals surface area contributed by atoms with E-state index in [0.717, 1.165) is 16.3 Å². The third-order valence-corrected chi connectivity index (χ3v) is 7.32. The summed E-state index contributed by atoms with van der Waals surface area (Å²) in [4.78, 5) is 4.66. The molecule has 138 valence electrons. The molecular formula is C25H16N2S2. The van der Waals surface area contributed by atoms with Crippen LogP contribution in [0.4, 0.5) is 10.8 Å². The van der Waals surface area contributed by atoms with E-state index in [1.54, 1.807) is 11.3 Å². The quantitative estimate of drug-likeness (QED) is 0.320. The summed E-state index contributed by atoms with van der Waals surface area (Å²) in [6.45, 7) is 0. The molecule has 0 bridgehead atoms. The fourth-order valence-corrected chi connectivity index (χ4v) is 5.88. The molecule has 0 atom stereocenters. The van der Waals surface area contributed by atoms with Gasteiger partial charge in [0.05, 0.1) is 10.2 Å². The number of aromatic nitrogens is 1. The Morgan fingerprint density at radius 2 is 1.38 bits per heavy atom. The van der Waals surface area contributed by atoms with Crippen molar-refractivity contribution in [1.29, 1.82) is 0 Å². The summed E-state index contributed by atoms with van der Waals surface area (Å²) >= 11 is 3.54. The second-order valence-corrected chi connectivity index (χ2v) is 9.05. The van der Waals surface area contributed by atoms with E-state index < -0.39 is 0 Å². The molecule has 0 spiro atoms. The maximum absolute atomic E-state index is 4.66. The van der Waals surface area contributed by atoms with Crippen molar-refractivity contribution in [2.24, 2.45) is 0 Å². The molecule has 0 saturated heterocycles. The lowest BCUT2D eigenvalue weighted by Gasteiger charge is -2.06. The van der Waals surface area contributed by atoms with Crippen molar-refractivity contribution >= 4 is 63.9 Å². The summed E-state index contributed by atoms with van der Waals surface area (Å²) in [5.74, 6) is 0. The molecule has 0 radical (unpaired) electrons. The lowest BCUT2D eigenvalue weighted by Crippen LogP contribution is -1.89. The number of thiophene rings is 1. The number of hydrogen-bond acceptors (Lipinski definition) is 4. The van der Waals surface area contributed by atoms with Crippen LogP contribution in [0.3, 0.4) is 0 Å². The van der Waals surface area contributed by atoms with Gasteiger partial charge < -0.3 is 5.32 Å². The van der Waals surface area contributed by atoms with Crippen LogP contribution in [-0.2, 0) is 0 Å². The smallest absolute Gasteiger partial charge is 0.188 e. The summed E-state index contributed by atoms with van der Waals surface area (Å²) in [6, 6.07) is 32.1. The molecule has 2 nitrogen and oxygen atoms in total. The average Bonchev–Trinajstić information content (AvgIpc) is 3.35. The monoisotopic (exact) mass is 408 g/mol. The molecule has 4 heteroatoms. The molecule has 0 unspecified atom stereocenters. The van der Waals surface area contributed by atoms with E-state index in [1.807, 2.05) is 29.5 Å². The Morgan fingerprint density at radius 3 is 2.24 bits per heavy atom. The molecule has 0 amide bonds. The van der Waals surface area contributed by atoms with Gasteiger partial charge in [-0.3, -0.25) is 0 Å². The molecule has 0 aliphatic rings. The highest BCUT2D eigenvalue weighted by Gasteiger charge is 2.10. The zero-order valence-corrected chi connectivity index (χ0v) is 17.1. The van der Waals surface area contributed by atoms with Crippen molar-refractivity contribution in [3.8, 4) is 11.1 Å². The Kier molecular flexibility index (Phi) is 3.86.